The van der Waals surface area contributed by atoms with Gasteiger partial charge in [0, 0.05) is 24.5 Å². The van der Waals surface area contributed by atoms with Crippen molar-refractivity contribution in [2.75, 3.05) is 23.4 Å². The molecule has 1 amide bonds. The van der Waals surface area contributed by atoms with Crippen molar-refractivity contribution in [3.05, 3.63) is 90.0 Å². The fraction of sp³-hybridized carbons (Fsp3) is 0.208. The Labute approximate surface area is 165 Å². The van der Waals surface area contributed by atoms with Crippen LogP contribution in [0.1, 0.15) is 17.5 Å². The van der Waals surface area contributed by atoms with Crippen LogP contribution in [0.25, 0.3) is 0 Å². The van der Waals surface area contributed by atoms with E-state index in [0.29, 0.717) is 13.0 Å². The number of rotatable bonds is 6. The van der Waals surface area contributed by atoms with Crippen LogP contribution < -0.4 is 15.0 Å². The summed E-state index contributed by atoms with van der Waals surface area (Å²) in [7, 11) is 0. The average molecular weight is 372 g/mol. The van der Waals surface area contributed by atoms with Crippen molar-refractivity contribution in [2.45, 2.75) is 19.4 Å². The minimum absolute atomic E-state index is 0.0458. The minimum Gasteiger partial charge on any atom is -0.493 e. The molecule has 3 aromatic rings. The summed E-state index contributed by atoms with van der Waals surface area (Å²) in [5.74, 6) is 0.735. The lowest BCUT2D eigenvalue weighted by Gasteiger charge is -2.30. The molecular weight excluding hydrogens is 348 g/mol. The number of carbonyl (C=O) groups is 1. The molecule has 0 spiro atoms. The van der Waals surface area contributed by atoms with Crippen LogP contribution in [0.3, 0.4) is 0 Å². The zero-order chi connectivity index (χ0) is 19.2. The molecule has 0 aromatic heterocycles. The van der Waals surface area contributed by atoms with Crippen molar-refractivity contribution >= 4 is 17.3 Å². The summed E-state index contributed by atoms with van der Waals surface area (Å²) in [6.45, 7) is 2.30. The van der Waals surface area contributed by atoms with E-state index in [9.17, 15) is 4.79 Å². The molecule has 0 unspecified atom stereocenters. The van der Waals surface area contributed by atoms with Crippen molar-refractivity contribution in [1.82, 2.24) is 0 Å². The van der Waals surface area contributed by atoms with Gasteiger partial charge in [-0.15, -0.1) is 0 Å². The van der Waals surface area contributed by atoms with Gasteiger partial charge in [-0.05, 0) is 53.9 Å². The maximum Gasteiger partial charge on any atom is 0.227 e. The highest BCUT2D eigenvalue weighted by atomic mass is 16.5. The van der Waals surface area contributed by atoms with E-state index < -0.39 is 0 Å². The summed E-state index contributed by atoms with van der Waals surface area (Å²) >= 11 is 0. The summed E-state index contributed by atoms with van der Waals surface area (Å²) in [5, 5.41) is 2.94. The number of anilines is 2. The highest BCUT2D eigenvalue weighted by molar-refractivity contribution is 5.91. The van der Waals surface area contributed by atoms with Gasteiger partial charge >= 0.3 is 0 Å². The number of para-hydroxylation sites is 1. The first-order valence-corrected chi connectivity index (χ1v) is 9.67. The van der Waals surface area contributed by atoms with Crippen LogP contribution in [0.4, 0.5) is 11.4 Å². The van der Waals surface area contributed by atoms with Crippen LogP contribution in [0.2, 0.25) is 0 Å². The van der Waals surface area contributed by atoms with Crippen LogP contribution in [-0.2, 0) is 17.8 Å². The molecule has 142 valence electrons. The monoisotopic (exact) mass is 372 g/mol. The second kappa shape index (κ2) is 8.61. The number of hydrogen-bond acceptors (Lipinski definition) is 3. The molecule has 0 saturated heterocycles. The highest BCUT2D eigenvalue weighted by Gasteiger charge is 2.16. The smallest absolute Gasteiger partial charge is 0.227 e. The number of benzene rings is 3. The van der Waals surface area contributed by atoms with Gasteiger partial charge in [-0.3, -0.25) is 4.79 Å². The number of hydrogen-bond donors (Lipinski definition) is 1. The second-order valence-corrected chi connectivity index (χ2v) is 6.95. The number of carbonyl (C=O) groups excluding carboxylic acids is 1. The molecule has 0 aliphatic carbocycles. The molecule has 0 fully saturated rings. The molecule has 28 heavy (non-hydrogen) atoms. The van der Waals surface area contributed by atoms with Crippen LogP contribution in [-0.4, -0.2) is 19.1 Å². The molecular formula is C24H24N2O2. The predicted molar refractivity (Wildman–Crippen MR) is 113 cm³/mol. The first kappa shape index (κ1) is 18.1. The van der Waals surface area contributed by atoms with Gasteiger partial charge in [0.1, 0.15) is 5.75 Å². The zero-order valence-electron chi connectivity index (χ0n) is 15.8. The normalized spacial score (nSPS) is 12.9. The Morgan fingerprint density at radius 1 is 0.893 bits per heavy atom. The van der Waals surface area contributed by atoms with E-state index in [0.717, 1.165) is 30.9 Å². The second-order valence-electron chi connectivity index (χ2n) is 6.95. The van der Waals surface area contributed by atoms with Crippen molar-refractivity contribution < 1.29 is 9.53 Å². The van der Waals surface area contributed by atoms with E-state index in [4.69, 9.17) is 4.74 Å². The number of amides is 1. The third kappa shape index (κ3) is 4.52. The molecule has 0 radical (unpaired) electrons. The van der Waals surface area contributed by atoms with Gasteiger partial charge in [0.05, 0.1) is 13.0 Å². The molecule has 3 aromatic carbocycles. The Kier molecular flexibility index (Phi) is 5.57. The van der Waals surface area contributed by atoms with Gasteiger partial charge < -0.3 is 15.0 Å². The summed E-state index contributed by atoms with van der Waals surface area (Å²) in [4.78, 5) is 14.5. The standard InChI is InChI=1S/C24H24N2O2/c27-24(15-17-28-23-8-2-1-3-9-23)25-21-10-12-22(13-11-21)26-16-14-19-6-4-5-7-20(19)18-26/h1-13H,14-18H2,(H,25,27). The molecule has 4 nitrogen and oxygen atoms in total. The van der Waals surface area contributed by atoms with Crippen LogP contribution in [0, 0.1) is 0 Å². The first-order valence-electron chi connectivity index (χ1n) is 9.67. The number of nitrogens with zero attached hydrogens (tertiary/aromatic N) is 1. The van der Waals surface area contributed by atoms with Crippen molar-refractivity contribution in [3.8, 4) is 5.75 Å². The van der Waals surface area contributed by atoms with Gasteiger partial charge in [0.25, 0.3) is 0 Å². The molecule has 0 saturated carbocycles. The predicted octanol–water partition coefficient (Wildman–Crippen LogP) is 4.66. The lowest BCUT2D eigenvalue weighted by molar-refractivity contribution is -0.116. The van der Waals surface area contributed by atoms with Crippen LogP contribution in [0.5, 0.6) is 5.75 Å². The highest BCUT2D eigenvalue weighted by Crippen LogP contribution is 2.25. The van der Waals surface area contributed by atoms with E-state index in [1.807, 2.05) is 42.5 Å². The van der Waals surface area contributed by atoms with Crippen LogP contribution in [0.15, 0.2) is 78.9 Å². The lowest BCUT2D eigenvalue weighted by atomic mass is 9.99. The molecule has 1 aliphatic rings. The van der Waals surface area contributed by atoms with Gasteiger partial charge in [0.2, 0.25) is 5.91 Å². The molecule has 4 heteroatoms. The Balaban J connectivity index is 1.28. The number of ether oxygens (including phenoxy) is 1. The molecule has 1 heterocycles. The first-order chi connectivity index (χ1) is 13.8. The maximum atomic E-state index is 12.1. The number of fused-ring (bicyclic) bond motifs is 1. The van der Waals surface area contributed by atoms with E-state index in [1.54, 1.807) is 0 Å². The molecule has 4 rings (SSSR count). The molecule has 0 bridgehead atoms. The Bertz CT molecular complexity index is 923. The van der Waals surface area contributed by atoms with E-state index in [2.05, 4.69) is 46.6 Å². The van der Waals surface area contributed by atoms with Gasteiger partial charge in [-0.2, -0.15) is 0 Å². The Morgan fingerprint density at radius 3 is 2.39 bits per heavy atom. The minimum atomic E-state index is -0.0458. The lowest BCUT2D eigenvalue weighted by Crippen LogP contribution is -2.30. The van der Waals surface area contributed by atoms with Gasteiger partial charge in [0.15, 0.2) is 0 Å². The summed E-state index contributed by atoms with van der Waals surface area (Å²) in [6, 6.07) is 26.2. The Hall–Kier alpha value is -3.27. The maximum absolute atomic E-state index is 12.1. The average Bonchev–Trinajstić information content (AvgIpc) is 2.75. The fourth-order valence-corrected chi connectivity index (χ4v) is 3.47. The summed E-state index contributed by atoms with van der Waals surface area (Å²) in [6.07, 6.45) is 1.38. The fourth-order valence-electron chi connectivity index (χ4n) is 3.47. The Morgan fingerprint density at radius 2 is 1.61 bits per heavy atom. The van der Waals surface area contributed by atoms with Crippen molar-refractivity contribution in [2.24, 2.45) is 0 Å². The topological polar surface area (TPSA) is 41.6 Å². The van der Waals surface area contributed by atoms with E-state index >= 15 is 0 Å². The largest absolute Gasteiger partial charge is 0.493 e. The van der Waals surface area contributed by atoms with E-state index in [1.165, 1.54) is 16.8 Å². The van der Waals surface area contributed by atoms with Crippen molar-refractivity contribution in [3.63, 3.8) is 0 Å². The summed E-state index contributed by atoms with van der Waals surface area (Å²) < 4.78 is 5.57. The quantitative estimate of drug-likeness (QED) is 0.684. The SMILES string of the molecule is O=C(CCOc1ccccc1)Nc1ccc(N2CCc3ccccc3C2)cc1. The molecule has 1 aliphatic heterocycles. The van der Waals surface area contributed by atoms with Crippen molar-refractivity contribution in [1.29, 1.82) is 0 Å². The van der Waals surface area contributed by atoms with Gasteiger partial charge in [-0.1, -0.05) is 42.5 Å². The molecule has 0 atom stereocenters. The third-order valence-corrected chi connectivity index (χ3v) is 4.99. The summed E-state index contributed by atoms with van der Waals surface area (Å²) in [5.41, 5.74) is 4.83. The van der Waals surface area contributed by atoms with E-state index in [-0.39, 0.29) is 5.91 Å². The van der Waals surface area contributed by atoms with Crippen LogP contribution >= 0.6 is 0 Å². The number of nitrogens with one attached hydrogen (secondary N) is 1. The zero-order valence-corrected chi connectivity index (χ0v) is 15.8. The molecule has 1 N–H and O–H groups in total. The van der Waals surface area contributed by atoms with Gasteiger partial charge in [-0.25, -0.2) is 0 Å². The third-order valence-electron chi connectivity index (χ3n) is 4.99.